The van der Waals surface area contributed by atoms with E-state index in [-0.39, 0.29) is 6.61 Å². The molecule has 1 aliphatic rings. The maximum atomic E-state index is 13.8. The molecule has 108 valence electrons. The van der Waals surface area contributed by atoms with Gasteiger partial charge in [-0.2, -0.15) is 4.39 Å². The van der Waals surface area contributed by atoms with Crippen molar-refractivity contribution in [2.24, 2.45) is 0 Å². The van der Waals surface area contributed by atoms with Crippen LogP contribution in [0.15, 0.2) is 12.1 Å². The fourth-order valence-electron chi connectivity index (χ4n) is 2.12. The van der Waals surface area contributed by atoms with E-state index in [0.29, 0.717) is 25.0 Å². The molecule has 2 N–H and O–H groups in total. The summed E-state index contributed by atoms with van der Waals surface area (Å²) in [5, 5.41) is 22.1. The number of nitro groups is 1. The summed E-state index contributed by atoms with van der Waals surface area (Å²) in [4.78, 5) is 21.5. The molecule has 0 saturated heterocycles. The van der Waals surface area contributed by atoms with Crippen molar-refractivity contribution in [2.45, 2.75) is 24.8 Å². The number of carbonyl (C=O) groups is 1. The van der Waals surface area contributed by atoms with Crippen LogP contribution in [0.2, 0.25) is 0 Å². The van der Waals surface area contributed by atoms with Crippen molar-refractivity contribution in [3.63, 3.8) is 0 Å². The van der Waals surface area contributed by atoms with E-state index in [1.807, 2.05) is 0 Å². The molecule has 0 unspecified atom stereocenters. The van der Waals surface area contributed by atoms with Gasteiger partial charge in [-0.25, -0.2) is 4.39 Å². The number of aliphatic hydroxyl groups is 1. The van der Waals surface area contributed by atoms with Crippen LogP contribution in [0.1, 0.15) is 29.6 Å². The van der Waals surface area contributed by atoms with E-state index in [2.05, 4.69) is 5.32 Å². The predicted octanol–water partition coefficient (Wildman–Crippen LogP) is 1.52. The first kappa shape index (κ1) is 14.3. The summed E-state index contributed by atoms with van der Waals surface area (Å²) in [6.45, 7) is -0.350. The zero-order valence-electron chi connectivity index (χ0n) is 10.4. The zero-order chi connectivity index (χ0) is 14.9. The van der Waals surface area contributed by atoms with E-state index in [0.717, 1.165) is 6.42 Å². The van der Waals surface area contributed by atoms with Crippen LogP contribution in [0.25, 0.3) is 0 Å². The zero-order valence-corrected chi connectivity index (χ0v) is 10.4. The first-order chi connectivity index (χ1) is 9.40. The largest absolute Gasteiger partial charge is 0.394 e. The number of hydrogen-bond acceptors (Lipinski definition) is 4. The van der Waals surface area contributed by atoms with Gasteiger partial charge in [0.2, 0.25) is 5.82 Å². The molecule has 6 nitrogen and oxygen atoms in total. The van der Waals surface area contributed by atoms with Gasteiger partial charge in [-0.1, -0.05) is 0 Å². The van der Waals surface area contributed by atoms with E-state index in [9.17, 15) is 28.8 Å². The van der Waals surface area contributed by atoms with Gasteiger partial charge in [-0.15, -0.1) is 0 Å². The molecule has 0 spiro atoms. The summed E-state index contributed by atoms with van der Waals surface area (Å²) in [5.41, 5.74) is -2.86. The maximum Gasteiger partial charge on any atom is 0.305 e. The van der Waals surface area contributed by atoms with Crippen molar-refractivity contribution in [1.82, 2.24) is 5.32 Å². The van der Waals surface area contributed by atoms with Crippen molar-refractivity contribution in [3.8, 4) is 0 Å². The lowest BCUT2D eigenvalue weighted by Gasteiger charge is -2.40. The van der Waals surface area contributed by atoms with Crippen LogP contribution in [0.3, 0.4) is 0 Å². The molecule has 8 heteroatoms. The highest BCUT2D eigenvalue weighted by Crippen LogP contribution is 2.32. The van der Waals surface area contributed by atoms with Crippen molar-refractivity contribution in [1.29, 1.82) is 0 Å². The molecule has 1 aliphatic carbocycles. The average molecular weight is 286 g/mol. The average Bonchev–Trinajstić information content (AvgIpc) is 2.33. The van der Waals surface area contributed by atoms with Crippen LogP contribution < -0.4 is 5.32 Å². The highest BCUT2D eigenvalue weighted by atomic mass is 19.1. The molecule has 1 fully saturated rings. The number of halogens is 2. The van der Waals surface area contributed by atoms with E-state index in [4.69, 9.17) is 0 Å². The lowest BCUT2D eigenvalue weighted by molar-refractivity contribution is -0.387. The summed E-state index contributed by atoms with van der Waals surface area (Å²) >= 11 is 0. The third-order valence-electron chi connectivity index (χ3n) is 3.49. The van der Waals surface area contributed by atoms with Crippen molar-refractivity contribution >= 4 is 11.6 Å². The molecule has 0 heterocycles. The van der Waals surface area contributed by atoms with Gasteiger partial charge in [-0.3, -0.25) is 14.9 Å². The van der Waals surface area contributed by atoms with Crippen molar-refractivity contribution in [3.05, 3.63) is 39.4 Å². The minimum Gasteiger partial charge on any atom is -0.394 e. The quantitative estimate of drug-likeness (QED) is 0.648. The standard InChI is InChI=1S/C12H12F2N2O4/c13-7-2-3-8(16(19)20)10(14)9(7)11(18)15-12(6-17)4-1-5-12/h2-3,17H,1,4-6H2,(H,15,18). The SMILES string of the molecule is O=C(NC1(CO)CCC1)c1c(F)ccc([N+](=O)[O-])c1F. The van der Waals surface area contributed by atoms with Crippen LogP contribution in [-0.4, -0.2) is 28.1 Å². The second-order valence-corrected chi connectivity index (χ2v) is 4.76. The second-order valence-electron chi connectivity index (χ2n) is 4.76. The summed E-state index contributed by atoms with van der Waals surface area (Å²) < 4.78 is 27.4. The molecule has 0 aliphatic heterocycles. The molecule has 0 aromatic heterocycles. The maximum absolute atomic E-state index is 13.8. The van der Waals surface area contributed by atoms with Gasteiger partial charge in [0.05, 0.1) is 17.1 Å². The topological polar surface area (TPSA) is 92.5 Å². The van der Waals surface area contributed by atoms with Crippen LogP contribution in [0.4, 0.5) is 14.5 Å². The second kappa shape index (κ2) is 5.12. The number of nitrogens with one attached hydrogen (secondary N) is 1. The van der Waals surface area contributed by atoms with Crippen molar-refractivity contribution in [2.75, 3.05) is 6.61 Å². The highest BCUT2D eigenvalue weighted by Gasteiger charge is 2.39. The summed E-state index contributed by atoms with van der Waals surface area (Å²) in [7, 11) is 0. The predicted molar refractivity (Wildman–Crippen MR) is 64.1 cm³/mol. The van der Waals surface area contributed by atoms with Gasteiger partial charge in [0.1, 0.15) is 11.4 Å². The molecule has 0 radical (unpaired) electrons. The number of carbonyl (C=O) groups excluding carboxylic acids is 1. The number of hydrogen-bond donors (Lipinski definition) is 2. The Hall–Kier alpha value is -2.09. The molecule has 2 rings (SSSR count). The number of amides is 1. The summed E-state index contributed by atoms with van der Waals surface area (Å²) in [6, 6.07) is 1.33. The van der Waals surface area contributed by atoms with Gasteiger partial charge in [-0.05, 0) is 25.3 Å². The van der Waals surface area contributed by atoms with Gasteiger partial charge in [0.15, 0.2) is 0 Å². The van der Waals surface area contributed by atoms with Gasteiger partial charge >= 0.3 is 5.69 Å². The molecule has 1 amide bonds. The molecule has 1 aromatic carbocycles. The highest BCUT2D eigenvalue weighted by molar-refractivity contribution is 5.96. The minimum absolute atomic E-state index is 0.350. The lowest BCUT2D eigenvalue weighted by atomic mass is 9.77. The van der Waals surface area contributed by atoms with Crippen LogP contribution in [-0.2, 0) is 0 Å². The van der Waals surface area contributed by atoms with Gasteiger partial charge in [0.25, 0.3) is 5.91 Å². The molecule has 0 atom stereocenters. The molecule has 1 saturated carbocycles. The van der Waals surface area contributed by atoms with E-state index < -0.39 is 39.3 Å². The Kier molecular flexibility index (Phi) is 3.67. The number of aliphatic hydroxyl groups excluding tert-OH is 1. The third-order valence-corrected chi connectivity index (χ3v) is 3.49. The minimum atomic E-state index is -1.51. The first-order valence-corrected chi connectivity index (χ1v) is 5.96. The van der Waals surface area contributed by atoms with E-state index >= 15 is 0 Å². The molecule has 0 bridgehead atoms. The number of benzene rings is 1. The van der Waals surface area contributed by atoms with Gasteiger partial charge in [0, 0.05) is 6.07 Å². The Morgan fingerprint density at radius 3 is 2.55 bits per heavy atom. The lowest BCUT2D eigenvalue weighted by Crippen LogP contribution is -2.56. The Bertz CT molecular complexity index is 567. The van der Waals surface area contributed by atoms with E-state index in [1.54, 1.807) is 0 Å². The monoisotopic (exact) mass is 286 g/mol. The number of nitrogens with zero attached hydrogens (tertiary/aromatic N) is 1. The smallest absolute Gasteiger partial charge is 0.305 e. The summed E-state index contributed by atoms with van der Waals surface area (Å²) in [6.07, 6.45) is 1.77. The fourth-order valence-corrected chi connectivity index (χ4v) is 2.12. The van der Waals surface area contributed by atoms with Crippen LogP contribution in [0, 0.1) is 21.7 Å². The molecule has 20 heavy (non-hydrogen) atoms. The van der Waals surface area contributed by atoms with Crippen molar-refractivity contribution < 1.29 is 23.6 Å². The van der Waals surface area contributed by atoms with Crippen LogP contribution in [0.5, 0.6) is 0 Å². The molecular weight excluding hydrogens is 274 g/mol. The fraction of sp³-hybridized carbons (Fsp3) is 0.417. The Morgan fingerprint density at radius 2 is 2.10 bits per heavy atom. The molecular formula is C12H12F2N2O4. The number of nitro benzene ring substituents is 1. The van der Waals surface area contributed by atoms with Crippen LogP contribution >= 0.6 is 0 Å². The first-order valence-electron chi connectivity index (χ1n) is 5.96. The normalized spacial score (nSPS) is 16.4. The third kappa shape index (κ3) is 2.34. The Morgan fingerprint density at radius 1 is 1.45 bits per heavy atom. The van der Waals surface area contributed by atoms with Gasteiger partial charge < -0.3 is 10.4 Å². The number of rotatable bonds is 4. The Balaban J connectivity index is 2.34. The van der Waals surface area contributed by atoms with E-state index in [1.165, 1.54) is 0 Å². The molecule has 1 aromatic rings. The summed E-state index contributed by atoms with van der Waals surface area (Å²) in [5.74, 6) is -3.80. The Labute approximate surface area is 112 Å².